The Bertz CT molecular complexity index is 1070. The average Bonchev–Trinajstić information content (AvgIpc) is 2.82. The van der Waals surface area contributed by atoms with Gasteiger partial charge in [0.15, 0.2) is 0 Å². The van der Waals surface area contributed by atoms with Crippen LogP contribution in [-0.2, 0) is 14.8 Å². The van der Waals surface area contributed by atoms with E-state index in [2.05, 4.69) is 18.3 Å². The van der Waals surface area contributed by atoms with Crippen LogP contribution < -0.4 is 5.32 Å². The molecule has 1 unspecified atom stereocenters. The number of piperazine rings is 1. The first kappa shape index (κ1) is 23.4. The molecule has 34 heavy (non-hydrogen) atoms. The second-order valence-corrected chi connectivity index (χ2v) is 12.8. The Hall–Kier alpha value is -2.37. The Morgan fingerprint density at radius 3 is 2.15 bits per heavy atom. The van der Waals surface area contributed by atoms with E-state index in [1.807, 2.05) is 4.90 Å². The molecular weight excluding hydrogens is 448 g/mol. The number of hydrogen-bond acceptors (Lipinski definition) is 5. The molecule has 5 aliphatic rings. The average molecular weight is 483 g/mol. The van der Waals surface area contributed by atoms with Crippen molar-refractivity contribution < 1.29 is 13.2 Å². The van der Waals surface area contributed by atoms with Gasteiger partial charge in [0.1, 0.15) is 11.6 Å². The summed E-state index contributed by atoms with van der Waals surface area (Å²) in [5.41, 5.74) is 0.276. The third kappa shape index (κ3) is 4.36. The summed E-state index contributed by atoms with van der Waals surface area (Å²) in [7, 11) is -3.53. The summed E-state index contributed by atoms with van der Waals surface area (Å²) in [4.78, 5) is 15.2. The molecule has 7 nitrogen and oxygen atoms in total. The number of carbonyl (C=O) groups excluding carboxylic acids is 1. The highest BCUT2D eigenvalue weighted by atomic mass is 32.2. The second kappa shape index (κ2) is 9.01. The molecule has 182 valence electrons. The van der Waals surface area contributed by atoms with Crippen LogP contribution in [0.4, 0.5) is 0 Å². The predicted molar refractivity (Wildman–Crippen MR) is 129 cm³/mol. The highest BCUT2D eigenvalue weighted by molar-refractivity contribution is 7.89. The summed E-state index contributed by atoms with van der Waals surface area (Å²) < 4.78 is 27.1. The van der Waals surface area contributed by atoms with E-state index in [-0.39, 0.29) is 27.8 Å². The monoisotopic (exact) mass is 482 g/mol. The van der Waals surface area contributed by atoms with Crippen LogP contribution in [0, 0.1) is 34.5 Å². The minimum absolute atomic E-state index is 0.0537. The maximum atomic E-state index is 13.0. The van der Waals surface area contributed by atoms with Gasteiger partial charge >= 0.3 is 0 Å². The van der Waals surface area contributed by atoms with E-state index in [1.165, 1.54) is 42.8 Å². The van der Waals surface area contributed by atoms with Crippen LogP contribution in [0.25, 0.3) is 0 Å². The van der Waals surface area contributed by atoms with Gasteiger partial charge in [0.2, 0.25) is 10.0 Å². The molecule has 0 radical (unpaired) electrons. The molecule has 6 rings (SSSR count). The molecule has 4 bridgehead atoms. The largest absolute Gasteiger partial charge is 0.373 e. The van der Waals surface area contributed by atoms with E-state index in [4.69, 9.17) is 0 Å². The quantitative estimate of drug-likeness (QED) is 0.497. The van der Waals surface area contributed by atoms with E-state index in [1.54, 1.807) is 36.5 Å². The van der Waals surface area contributed by atoms with Crippen molar-refractivity contribution in [1.29, 1.82) is 5.26 Å². The molecule has 1 aromatic rings. The van der Waals surface area contributed by atoms with Gasteiger partial charge < -0.3 is 10.2 Å². The van der Waals surface area contributed by atoms with Crippen LogP contribution in [-0.4, -0.2) is 55.8 Å². The number of amides is 1. The summed E-state index contributed by atoms with van der Waals surface area (Å²) in [6, 6.07) is 10.6. The van der Waals surface area contributed by atoms with Crippen LogP contribution in [0.15, 0.2) is 47.0 Å². The Balaban J connectivity index is 1.20. The summed E-state index contributed by atoms with van der Waals surface area (Å²) in [6.45, 7) is 3.63. The number of carbonyl (C=O) groups is 1. The van der Waals surface area contributed by atoms with E-state index in [0.29, 0.717) is 26.2 Å². The zero-order chi connectivity index (χ0) is 23.9. The lowest BCUT2D eigenvalue weighted by Crippen LogP contribution is -2.56. The van der Waals surface area contributed by atoms with Crippen LogP contribution in [0.5, 0.6) is 0 Å². The third-order valence-electron chi connectivity index (χ3n) is 8.68. The highest BCUT2D eigenvalue weighted by Crippen LogP contribution is 2.61. The van der Waals surface area contributed by atoms with Gasteiger partial charge in [0.05, 0.1) is 4.90 Å². The molecule has 4 aliphatic carbocycles. The first-order chi connectivity index (χ1) is 16.3. The number of nitrogens with zero attached hydrogens (tertiary/aromatic N) is 3. The topological polar surface area (TPSA) is 93.5 Å². The molecule has 1 aromatic carbocycles. The zero-order valence-corrected chi connectivity index (χ0v) is 20.6. The summed E-state index contributed by atoms with van der Waals surface area (Å²) in [5, 5.41) is 12.9. The van der Waals surface area contributed by atoms with Crippen LogP contribution >= 0.6 is 0 Å². The van der Waals surface area contributed by atoms with Crippen molar-refractivity contribution >= 4 is 15.9 Å². The predicted octanol–water partition coefficient (Wildman–Crippen LogP) is 3.12. The van der Waals surface area contributed by atoms with Crippen molar-refractivity contribution in [2.24, 2.45) is 23.2 Å². The summed E-state index contributed by atoms with van der Waals surface area (Å²) in [5.74, 6) is 2.10. The number of nitriles is 1. The van der Waals surface area contributed by atoms with Gasteiger partial charge in [0, 0.05) is 38.4 Å². The van der Waals surface area contributed by atoms with E-state index >= 15 is 0 Å². The van der Waals surface area contributed by atoms with Crippen molar-refractivity contribution in [3.8, 4) is 6.07 Å². The second-order valence-electron chi connectivity index (χ2n) is 10.9. The summed E-state index contributed by atoms with van der Waals surface area (Å²) >= 11 is 0. The van der Waals surface area contributed by atoms with Gasteiger partial charge in [-0.1, -0.05) is 18.2 Å². The molecule has 1 heterocycles. The van der Waals surface area contributed by atoms with Gasteiger partial charge in [-0.15, -0.1) is 0 Å². The fourth-order valence-electron chi connectivity index (χ4n) is 7.27. The molecule has 8 heteroatoms. The zero-order valence-electron chi connectivity index (χ0n) is 19.8. The van der Waals surface area contributed by atoms with Gasteiger partial charge in [-0.2, -0.15) is 9.57 Å². The van der Waals surface area contributed by atoms with E-state index in [0.717, 1.165) is 17.8 Å². The van der Waals surface area contributed by atoms with E-state index in [9.17, 15) is 18.5 Å². The Morgan fingerprint density at radius 2 is 1.62 bits per heavy atom. The number of benzene rings is 1. The maximum Gasteiger partial charge on any atom is 0.263 e. The molecule has 0 aromatic heterocycles. The molecule has 1 N–H and O–H groups in total. The van der Waals surface area contributed by atoms with Crippen molar-refractivity contribution in [2.75, 3.05) is 26.2 Å². The number of nitrogens with one attached hydrogen (secondary N) is 1. The fourth-order valence-corrected chi connectivity index (χ4v) is 8.71. The van der Waals surface area contributed by atoms with Crippen molar-refractivity contribution in [3.63, 3.8) is 0 Å². The number of sulfonamides is 1. The maximum absolute atomic E-state index is 13.0. The van der Waals surface area contributed by atoms with Gasteiger partial charge in [-0.05, 0) is 80.8 Å². The van der Waals surface area contributed by atoms with Crippen LogP contribution in [0.2, 0.25) is 0 Å². The lowest BCUT2D eigenvalue weighted by atomic mass is 9.48. The molecule has 0 spiro atoms. The standard InChI is InChI=1S/C26H34N4O3S/c1-19(26-14-20-11-21(15-26)13-22(12-20)16-26)28-25(31)23(17-27)18-29-7-9-30(10-8-29)34(32,33)24-5-3-2-4-6-24/h2-6,18-22H,7-16H2,1H3,(H,28,31)/b23-18-. The molecule has 1 aliphatic heterocycles. The lowest BCUT2D eigenvalue weighted by Gasteiger charge is -2.59. The first-order valence-corrected chi connectivity index (χ1v) is 13.9. The van der Waals surface area contributed by atoms with Crippen LogP contribution in [0.3, 0.4) is 0 Å². The SMILES string of the molecule is CC(NC(=O)/C(C#N)=C\N1CCN(S(=O)(=O)c2ccccc2)CC1)C12CC3CC(CC(C3)C1)C2. The highest BCUT2D eigenvalue weighted by Gasteiger charge is 2.53. The first-order valence-electron chi connectivity index (χ1n) is 12.5. The number of rotatable bonds is 6. The molecule has 1 amide bonds. The Morgan fingerprint density at radius 1 is 1.06 bits per heavy atom. The molecular formula is C26H34N4O3S. The fraction of sp³-hybridized carbons (Fsp3) is 0.615. The third-order valence-corrected chi connectivity index (χ3v) is 10.6. The van der Waals surface area contributed by atoms with Crippen molar-refractivity contribution in [3.05, 3.63) is 42.1 Å². The van der Waals surface area contributed by atoms with Crippen molar-refractivity contribution in [2.45, 2.75) is 56.4 Å². The Kier molecular flexibility index (Phi) is 6.19. The molecule has 5 fully saturated rings. The van der Waals surface area contributed by atoms with E-state index < -0.39 is 10.0 Å². The van der Waals surface area contributed by atoms with Gasteiger partial charge in [-0.25, -0.2) is 8.42 Å². The minimum atomic E-state index is -3.53. The van der Waals surface area contributed by atoms with Crippen LogP contribution in [0.1, 0.15) is 45.4 Å². The normalized spacial score (nSPS) is 32.3. The number of hydrogen-bond donors (Lipinski definition) is 1. The summed E-state index contributed by atoms with van der Waals surface area (Å²) in [6.07, 6.45) is 9.27. The van der Waals surface area contributed by atoms with Crippen molar-refractivity contribution in [1.82, 2.24) is 14.5 Å². The molecule has 1 atom stereocenters. The minimum Gasteiger partial charge on any atom is -0.373 e. The molecule has 1 saturated heterocycles. The van der Waals surface area contributed by atoms with Gasteiger partial charge in [0.25, 0.3) is 5.91 Å². The van der Waals surface area contributed by atoms with Gasteiger partial charge in [-0.3, -0.25) is 4.79 Å². The molecule has 4 saturated carbocycles. The lowest BCUT2D eigenvalue weighted by molar-refractivity contribution is -0.122. The smallest absolute Gasteiger partial charge is 0.263 e. The Labute approximate surface area is 202 Å².